The van der Waals surface area contributed by atoms with E-state index in [4.69, 9.17) is 9.47 Å². The smallest absolute Gasteiger partial charge is 0.334 e. The topological polar surface area (TPSA) is 55.8 Å². The summed E-state index contributed by atoms with van der Waals surface area (Å²) in [6.07, 6.45) is 6.77. The van der Waals surface area contributed by atoms with Crippen molar-refractivity contribution in [3.05, 3.63) is 22.8 Å². The van der Waals surface area contributed by atoms with E-state index in [1.165, 1.54) is 5.57 Å². The molecule has 0 aliphatic carbocycles. The molecule has 2 bridgehead atoms. The van der Waals surface area contributed by atoms with Gasteiger partial charge in [-0.15, -0.1) is 0 Å². The van der Waals surface area contributed by atoms with E-state index in [0.717, 1.165) is 37.7 Å². The summed E-state index contributed by atoms with van der Waals surface area (Å²) in [6.45, 7) is 8.17. The Morgan fingerprint density at radius 3 is 2.75 bits per heavy atom. The summed E-state index contributed by atoms with van der Waals surface area (Å²) in [6, 6.07) is 0. The van der Waals surface area contributed by atoms with Crippen molar-refractivity contribution >= 4 is 5.97 Å². The van der Waals surface area contributed by atoms with Crippen LogP contribution in [0.4, 0.5) is 0 Å². The van der Waals surface area contributed by atoms with Gasteiger partial charge in [0.1, 0.15) is 6.10 Å². The molecule has 0 amide bonds. The maximum absolute atomic E-state index is 12.0. The second-order valence-electron chi connectivity index (χ2n) is 8.08. The number of hydrogen-bond acceptors (Lipinski definition) is 4. The largest absolute Gasteiger partial charge is 0.454 e. The molecular weight excluding hydrogens is 304 g/mol. The summed E-state index contributed by atoms with van der Waals surface area (Å²) in [5.74, 6) is 0.244. The molecule has 0 aromatic rings. The third-order valence-electron chi connectivity index (χ3n) is 6.15. The number of ether oxygens (including phenoxy) is 2. The predicted molar refractivity (Wildman–Crippen MR) is 92.5 cm³/mol. The van der Waals surface area contributed by atoms with E-state index >= 15 is 0 Å². The fraction of sp³-hybridized carbons (Fsp3) is 0.750. The molecule has 5 atom stereocenters. The summed E-state index contributed by atoms with van der Waals surface area (Å²) in [4.78, 5) is 12.0. The van der Waals surface area contributed by atoms with Gasteiger partial charge >= 0.3 is 5.97 Å². The monoisotopic (exact) mass is 334 g/mol. The van der Waals surface area contributed by atoms with Gasteiger partial charge < -0.3 is 14.6 Å². The lowest BCUT2D eigenvalue weighted by Crippen LogP contribution is -2.41. The second kappa shape index (κ2) is 6.64. The maximum atomic E-state index is 12.0. The maximum Gasteiger partial charge on any atom is 0.334 e. The Kier molecular flexibility index (Phi) is 4.89. The lowest BCUT2D eigenvalue weighted by molar-refractivity contribution is -0.139. The zero-order chi connectivity index (χ0) is 17.5. The quantitative estimate of drug-likeness (QED) is 0.542. The summed E-state index contributed by atoms with van der Waals surface area (Å²) >= 11 is 0. The lowest BCUT2D eigenvalue weighted by atomic mass is 9.86. The van der Waals surface area contributed by atoms with Crippen molar-refractivity contribution in [2.75, 3.05) is 0 Å². The fourth-order valence-corrected chi connectivity index (χ4v) is 4.23. The minimum atomic E-state index is -0.610. The highest BCUT2D eigenvalue weighted by molar-refractivity contribution is 5.91. The number of rotatable bonds is 0. The molecular formula is C20H30O4. The molecule has 3 heterocycles. The van der Waals surface area contributed by atoms with E-state index in [-0.39, 0.29) is 18.2 Å². The third kappa shape index (κ3) is 3.31. The van der Waals surface area contributed by atoms with Gasteiger partial charge in [0.2, 0.25) is 0 Å². The van der Waals surface area contributed by atoms with Gasteiger partial charge in [-0.1, -0.05) is 18.6 Å². The van der Waals surface area contributed by atoms with Crippen LogP contribution in [0.1, 0.15) is 66.2 Å². The zero-order valence-corrected chi connectivity index (χ0v) is 15.3. The van der Waals surface area contributed by atoms with Crippen molar-refractivity contribution in [3.63, 3.8) is 0 Å². The van der Waals surface area contributed by atoms with Crippen LogP contribution in [0.3, 0.4) is 0 Å². The van der Waals surface area contributed by atoms with E-state index in [1.54, 1.807) is 0 Å². The summed E-state index contributed by atoms with van der Waals surface area (Å²) < 4.78 is 11.9. The van der Waals surface area contributed by atoms with Crippen molar-refractivity contribution in [3.8, 4) is 0 Å². The molecule has 0 saturated carbocycles. The number of hydrogen-bond donors (Lipinski definition) is 1. The van der Waals surface area contributed by atoms with Crippen LogP contribution in [0.25, 0.3) is 0 Å². The highest BCUT2D eigenvalue weighted by atomic mass is 16.5. The molecule has 0 aromatic heterocycles. The van der Waals surface area contributed by atoms with Crippen LogP contribution in [0.15, 0.2) is 22.8 Å². The highest BCUT2D eigenvalue weighted by Crippen LogP contribution is 2.41. The molecule has 24 heavy (non-hydrogen) atoms. The van der Waals surface area contributed by atoms with Crippen molar-refractivity contribution in [1.82, 2.24) is 0 Å². The Labute approximate surface area is 144 Å². The van der Waals surface area contributed by atoms with Crippen molar-refractivity contribution < 1.29 is 19.4 Å². The number of carbonyl (C=O) groups is 1. The van der Waals surface area contributed by atoms with Crippen molar-refractivity contribution in [2.45, 2.75) is 90.1 Å². The normalized spacial score (nSPS) is 43.2. The van der Waals surface area contributed by atoms with Crippen molar-refractivity contribution in [2.24, 2.45) is 5.92 Å². The molecule has 3 aliphatic rings. The molecule has 4 nitrogen and oxygen atoms in total. The van der Waals surface area contributed by atoms with Crippen LogP contribution >= 0.6 is 0 Å². The van der Waals surface area contributed by atoms with Gasteiger partial charge in [0.05, 0.1) is 17.8 Å². The number of carbonyl (C=O) groups excluding carboxylic acids is 1. The Morgan fingerprint density at radius 1 is 1.25 bits per heavy atom. The van der Waals surface area contributed by atoms with Crippen LogP contribution in [-0.4, -0.2) is 35.0 Å². The molecule has 3 rings (SSSR count). The first kappa shape index (κ1) is 17.7. The van der Waals surface area contributed by atoms with Crippen LogP contribution in [0.2, 0.25) is 0 Å². The molecule has 1 unspecified atom stereocenters. The number of aliphatic hydroxyl groups is 1. The van der Waals surface area contributed by atoms with E-state index < -0.39 is 11.7 Å². The molecule has 0 aromatic carbocycles. The zero-order valence-electron chi connectivity index (χ0n) is 15.3. The van der Waals surface area contributed by atoms with Gasteiger partial charge in [-0.3, -0.25) is 0 Å². The predicted octanol–water partition coefficient (Wildman–Crippen LogP) is 3.68. The Morgan fingerprint density at radius 2 is 2.00 bits per heavy atom. The Balaban J connectivity index is 1.90. The summed E-state index contributed by atoms with van der Waals surface area (Å²) in [5, 5.41) is 10.9. The number of aliphatic hydroxyl groups excluding tert-OH is 1. The van der Waals surface area contributed by atoms with Gasteiger partial charge in [0.15, 0.2) is 0 Å². The minimum Gasteiger partial charge on any atom is -0.454 e. The molecule has 1 fully saturated rings. The van der Waals surface area contributed by atoms with Crippen LogP contribution in [-0.2, 0) is 14.3 Å². The molecule has 0 spiro atoms. The first-order valence-corrected chi connectivity index (χ1v) is 9.22. The summed E-state index contributed by atoms with van der Waals surface area (Å²) in [7, 11) is 0. The number of allylic oxidation sites excluding steroid dienone is 1. The fourth-order valence-electron chi connectivity index (χ4n) is 4.23. The lowest BCUT2D eigenvalue weighted by Gasteiger charge is -2.32. The Hall–Kier alpha value is -1.13. The number of esters is 1. The molecule has 3 aliphatic heterocycles. The van der Waals surface area contributed by atoms with Gasteiger partial charge in [0, 0.05) is 18.4 Å². The standard InChI is InChI=1S/C20H30O4/c1-12-6-5-7-13(2)16-8-9-20(4,24-16)18(21)11-15-14(3)19(22)23-17(15)10-12/h6,13,16-18,21H,5,7-11H2,1-4H3/b12-6+/t13-,16+,17+,18+,20?/m0/s1. The average Bonchev–Trinajstić information content (AvgIpc) is 3.04. The molecule has 134 valence electrons. The third-order valence-corrected chi connectivity index (χ3v) is 6.15. The van der Waals surface area contributed by atoms with E-state index in [9.17, 15) is 9.90 Å². The van der Waals surface area contributed by atoms with Crippen LogP contribution in [0, 0.1) is 5.92 Å². The van der Waals surface area contributed by atoms with E-state index in [0.29, 0.717) is 17.9 Å². The molecule has 0 radical (unpaired) electrons. The van der Waals surface area contributed by atoms with Crippen LogP contribution < -0.4 is 0 Å². The van der Waals surface area contributed by atoms with Crippen LogP contribution in [0.5, 0.6) is 0 Å². The second-order valence-corrected chi connectivity index (χ2v) is 8.08. The summed E-state index contributed by atoms with van der Waals surface area (Å²) in [5.41, 5.74) is 2.33. The Bertz CT molecular complexity index is 576. The highest BCUT2D eigenvalue weighted by Gasteiger charge is 2.45. The SMILES string of the molecule is CC1=C2C[C@@H](O)C3(C)CC[C@@H](O3)[C@@H](C)CC/C=C(\C)C[C@H]2OC1=O. The average molecular weight is 334 g/mol. The first-order chi connectivity index (χ1) is 11.3. The van der Waals surface area contributed by atoms with Gasteiger partial charge in [-0.05, 0) is 57.9 Å². The van der Waals surface area contributed by atoms with Gasteiger partial charge in [0.25, 0.3) is 0 Å². The molecule has 4 heteroatoms. The minimum absolute atomic E-state index is 0.214. The molecule has 1 saturated heterocycles. The first-order valence-electron chi connectivity index (χ1n) is 9.22. The molecule has 1 N–H and O–H groups in total. The van der Waals surface area contributed by atoms with Gasteiger partial charge in [-0.25, -0.2) is 4.79 Å². The van der Waals surface area contributed by atoms with Gasteiger partial charge in [-0.2, -0.15) is 0 Å². The van der Waals surface area contributed by atoms with E-state index in [1.807, 2.05) is 13.8 Å². The van der Waals surface area contributed by atoms with Crippen molar-refractivity contribution in [1.29, 1.82) is 0 Å². The van der Waals surface area contributed by atoms with E-state index in [2.05, 4.69) is 19.9 Å². The number of fused-ring (bicyclic) bond motifs is 3.